The molecule has 0 aliphatic carbocycles. The standard InChI is InChI=1S/C5H10NO4P/c1-6(11-10)4(2-3-7)5(8)9/h4,7H,2-3H2,1H3,(H,8,9). The Morgan fingerprint density at radius 2 is 2.27 bits per heavy atom. The highest BCUT2D eigenvalue weighted by molar-refractivity contribution is 7.20. The van der Waals surface area contributed by atoms with E-state index in [0.717, 1.165) is 4.67 Å². The molecule has 2 N–H and O–H groups in total. The molecule has 0 fully saturated rings. The van der Waals surface area contributed by atoms with Crippen molar-refractivity contribution in [1.82, 2.24) is 4.67 Å². The summed E-state index contributed by atoms with van der Waals surface area (Å²) in [6, 6.07) is -0.876. The highest BCUT2D eigenvalue weighted by Gasteiger charge is 2.21. The Morgan fingerprint density at radius 1 is 1.73 bits per heavy atom. The highest BCUT2D eigenvalue weighted by Crippen LogP contribution is 2.10. The number of carboxylic acids is 1. The van der Waals surface area contributed by atoms with Gasteiger partial charge in [-0.15, -0.1) is 0 Å². The van der Waals surface area contributed by atoms with E-state index in [-0.39, 0.29) is 21.6 Å². The molecule has 64 valence electrons. The smallest absolute Gasteiger partial charge is 0.321 e. The van der Waals surface area contributed by atoms with Gasteiger partial charge in [0.05, 0.1) is 0 Å². The monoisotopic (exact) mass is 179 g/mol. The fourth-order valence-corrected chi connectivity index (χ4v) is 0.977. The van der Waals surface area contributed by atoms with Crippen LogP contribution < -0.4 is 0 Å². The predicted molar refractivity (Wildman–Crippen MR) is 38.5 cm³/mol. The SMILES string of the molecule is CN(P=O)C(CCO)C(=O)O. The van der Waals surface area contributed by atoms with Crippen molar-refractivity contribution >= 4 is 14.6 Å². The summed E-state index contributed by atoms with van der Waals surface area (Å²) in [4.78, 5) is 10.4. The Bertz CT molecular complexity index is 151. The average molecular weight is 179 g/mol. The van der Waals surface area contributed by atoms with Gasteiger partial charge < -0.3 is 10.2 Å². The summed E-state index contributed by atoms with van der Waals surface area (Å²) in [7, 11) is 1.05. The summed E-state index contributed by atoms with van der Waals surface area (Å²) >= 11 is 0. The lowest BCUT2D eigenvalue weighted by Crippen LogP contribution is -2.33. The van der Waals surface area contributed by atoms with Gasteiger partial charge in [0.2, 0.25) is 8.61 Å². The maximum absolute atomic E-state index is 10.4. The van der Waals surface area contributed by atoms with E-state index in [1.54, 1.807) is 0 Å². The Labute approximate surface area is 65.9 Å². The molecule has 11 heavy (non-hydrogen) atoms. The van der Waals surface area contributed by atoms with Gasteiger partial charge in [-0.25, -0.2) is 4.67 Å². The fraction of sp³-hybridized carbons (Fsp3) is 0.800. The quantitative estimate of drug-likeness (QED) is 0.579. The number of nitrogens with zero attached hydrogens (tertiary/aromatic N) is 1. The normalized spacial score (nSPS) is 13.7. The molecule has 6 heteroatoms. The molecule has 0 saturated carbocycles. The summed E-state index contributed by atoms with van der Waals surface area (Å²) < 4.78 is 11.3. The lowest BCUT2D eigenvalue weighted by molar-refractivity contribution is -0.141. The molecule has 1 unspecified atom stereocenters. The topological polar surface area (TPSA) is 77.8 Å². The Kier molecular flexibility index (Phi) is 4.94. The molecule has 1 atom stereocenters. The van der Waals surface area contributed by atoms with Gasteiger partial charge in [-0.3, -0.25) is 9.36 Å². The Hall–Kier alpha value is -0.510. The van der Waals surface area contributed by atoms with E-state index in [1.165, 1.54) is 7.05 Å². The Morgan fingerprint density at radius 3 is 2.55 bits per heavy atom. The van der Waals surface area contributed by atoms with Gasteiger partial charge >= 0.3 is 5.97 Å². The molecule has 0 rings (SSSR count). The van der Waals surface area contributed by atoms with Gasteiger partial charge in [0, 0.05) is 6.61 Å². The van der Waals surface area contributed by atoms with E-state index < -0.39 is 12.0 Å². The van der Waals surface area contributed by atoms with Crippen molar-refractivity contribution < 1.29 is 19.6 Å². The van der Waals surface area contributed by atoms with Crippen molar-refractivity contribution in [2.75, 3.05) is 13.7 Å². The van der Waals surface area contributed by atoms with Crippen LogP contribution in [-0.4, -0.2) is 40.5 Å². The maximum atomic E-state index is 10.4. The molecule has 0 spiro atoms. The molecule has 0 aromatic carbocycles. The van der Waals surface area contributed by atoms with Crippen LogP contribution >= 0.6 is 8.61 Å². The van der Waals surface area contributed by atoms with Gasteiger partial charge in [-0.05, 0) is 13.5 Å². The minimum absolute atomic E-state index is 0.0844. The van der Waals surface area contributed by atoms with Gasteiger partial charge in [0.15, 0.2) is 0 Å². The molecule has 0 heterocycles. The van der Waals surface area contributed by atoms with Crippen LogP contribution in [0.4, 0.5) is 0 Å². The zero-order valence-electron chi connectivity index (χ0n) is 6.10. The van der Waals surface area contributed by atoms with E-state index in [1.807, 2.05) is 0 Å². The third-order valence-corrected chi connectivity index (χ3v) is 1.80. The molecule has 0 aromatic rings. The zero-order valence-corrected chi connectivity index (χ0v) is 6.99. The second-order valence-corrected chi connectivity index (χ2v) is 2.82. The highest BCUT2D eigenvalue weighted by atomic mass is 31.1. The van der Waals surface area contributed by atoms with Crippen molar-refractivity contribution in [1.29, 1.82) is 0 Å². The van der Waals surface area contributed by atoms with Crippen molar-refractivity contribution in [3.05, 3.63) is 0 Å². The van der Waals surface area contributed by atoms with Gasteiger partial charge in [-0.2, -0.15) is 0 Å². The summed E-state index contributed by atoms with van der Waals surface area (Å²) in [6.07, 6.45) is 0.0844. The number of aliphatic hydroxyl groups is 1. The van der Waals surface area contributed by atoms with Crippen molar-refractivity contribution in [3.63, 3.8) is 0 Å². The predicted octanol–water partition coefficient (Wildman–Crippen LogP) is -0.0395. The third kappa shape index (κ3) is 3.41. The summed E-state index contributed by atoms with van der Waals surface area (Å²) in [5, 5.41) is 16.9. The van der Waals surface area contributed by atoms with E-state index in [4.69, 9.17) is 10.2 Å². The van der Waals surface area contributed by atoms with Crippen LogP contribution in [0.3, 0.4) is 0 Å². The molecule has 0 aromatic heterocycles. The first kappa shape index (κ1) is 10.5. The lowest BCUT2D eigenvalue weighted by atomic mass is 10.2. The lowest BCUT2D eigenvalue weighted by Gasteiger charge is -2.15. The van der Waals surface area contributed by atoms with Crippen LogP contribution in [0.25, 0.3) is 0 Å². The summed E-state index contributed by atoms with van der Waals surface area (Å²) in [5.74, 6) is -1.08. The number of carboxylic acid groups (broad SMARTS) is 1. The number of hydrogen-bond donors (Lipinski definition) is 2. The van der Waals surface area contributed by atoms with Gasteiger partial charge in [0.1, 0.15) is 6.04 Å². The molecule has 0 aliphatic rings. The van der Waals surface area contributed by atoms with Gasteiger partial charge in [-0.1, -0.05) is 0 Å². The first-order valence-corrected chi connectivity index (χ1v) is 3.79. The van der Waals surface area contributed by atoms with Crippen LogP contribution in [0.1, 0.15) is 6.42 Å². The molecule has 0 aliphatic heterocycles. The second-order valence-electron chi connectivity index (χ2n) is 2.02. The summed E-state index contributed by atoms with van der Waals surface area (Å²) in [6.45, 7) is -0.225. The first-order chi connectivity index (χ1) is 5.13. The van der Waals surface area contributed by atoms with Crippen LogP contribution in [-0.2, 0) is 9.36 Å². The average Bonchev–Trinajstić information content (AvgIpc) is 1.98. The van der Waals surface area contributed by atoms with E-state index in [2.05, 4.69) is 0 Å². The number of carbonyl (C=O) groups is 1. The van der Waals surface area contributed by atoms with E-state index >= 15 is 0 Å². The minimum atomic E-state index is -1.08. The minimum Gasteiger partial charge on any atom is -0.480 e. The second kappa shape index (κ2) is 5.18. The zero-order chi connectivity index (χ0) is 8.85. The number of hydrogen-bond acceptors (Lipinski definition) is 3. The van der Waals surface area contributed by atoms with Gasteiger partial charge in [0.25, 0.3) is 0 Å². The fourth-order valence-electron chi connectivity index (χ4n) is 0.649. The molecule has 0 bridgehead atoms. The first-order valence-electron chi connectivity index (χ1n) is 3.03. The third-order valence-electron chi connectivity index (χ3n) is 1.27. The van der Waals surface area contributed by atoms with Crippen LogP contribution in [0, 0.1) is 0 Å². The molecular formula is C5H10NO4P. The van der Waals surface area contributed by atoms with E-state index in [0.29, 0.717) is 0 Å². The van der Waals surface area contributed by atoms with Crippen molar-refractivity contribution in [2.45, 2.75) is 12.5 Å². The molecular weight excluding hydrogens is 169 g/mol. The maximum Gasteiger partial charge on any atom is 0.321 e. The van der Waals surface area contributed by atoms with Crippen molar-refractivity contribution in [3.8, 4) is 0 Å². The number of aliphatic carboxylic acids is 1. The van der Waals surface area contributed by atoms with Crippen LogP contribution in [0.2, 0.25) is 0 Å². The number of rotatable bonds is 5. The largest absolute Gasteiger partial charge is 0.480 e. The molecule has 0 saturated heterocycles. The van der Waals surface area contributed by atoms with Crippen LogP contribution in [0.15, 0.2) is 0 Å². The van der Waals surface area contributed by atoms with Crippen molar-refractivity contribution in [2.24, 2.45) is 0 Å². The number of aliphatic hydroxyl groups excluding tert-OH is 1. The molecule has 5 nitrogen and oxygen atoms in total. The Balaban J connectivity index is 4.08. The number of likely N-dealkylation sites (N-methyl/N-ethyl adjacent to an activating group) is 1. The summed E-state index contributed by atoms with van der Waals surface area (Å²) in [5.41, 5.74) is 0. The molecule has 0 amide bonds. The van der Waals surface area contributed by atoms with Crippen LogP contribution in [0.5, 0.6) is 0 Å². The van der Waals surface area contributed by atoms with E-state index in [9.17, 15) is 9.36 Å². The molecule has 0 radical (unpaired) electrons.